The number of carboxylic acids is 1. The molecule has 8 heteroatoms. The average molecular weight is 879 g/mol. The number of hydrogen-bond donors (Lipinski definition) is 1. The smallest absolute Gasteiger partial charge is 0.362 e. The van der Waals surface area contributed by atoms with Gasteiger partial charge in [-0.1, -0.05) is 175 Å². The van der Waals surface area contributed by atoms with Crippen LogP contribution in [0.5, 0.6) is 0 Å². The van der Waals surface area contributed by atoms with Gasteiger partial charge < -0.3 is 23.8 Å². The number of allylic oxidation sites excluding steroid dienone is 16. The Morgan fingerprint density at radius 3 is 1.44 bits per heavy atom. The van der Waals surface area contributed by atoms with E-state index in [-0.39, 0.29) is 42.7 Å². The number of aliphatic carboxylic acids is 1. The molecule has 0 rings (SSSR count). The molecule has 0 radical (unpaired) electrons. The fourth-order valence-corrected chi connectivity index (χ4v) is 6.68. The molecule has 358 valence electrons. The zero-order chi connectivity index (χ0) is 46.3. The summed E-state index contributed by atoms with van der Waals surface area (Å²) in [6.45, 7) is 4.52. The minimum Gasteiger partial charge on any atom is -0.477 e. The standard InChI is InChI=1S/C55H91NO7/c1-6-8-10-12-14-16-18-20-22-24-26-28-29-31-33-35-37-39-41-43-45-53(57)62-50-51(49-61-48-47-52(55(59)60)56(3,4)5)63-54(58)46-44-42-40-38-36-34-32-30-27-25-23-21-19-17-15-13-11-9-7-2/h8,10,14-17,19-22,26,28,31,33,37,39,51-52H,6-7,9,11-13,18,23-25,27,29-30,32,34-36,38,40-50H2,1-5H3/p+1/b10-8+,16-14+,17-15+,21-19+,22-20+,28-26+,33-31+,39-37+. The van der Waals surface area contributed by atoms with Crippen molar-refractivity contribution < 1.29 is 38.2 Å². The molecule has 8 nitrogen and oxygen atoms in total. The lowest BCUT2D eigenvalue weighted by molar-refractivity contribution is -0.887. The van der Waals surface area contributed by atoms with Gasteiger partial charge in [0.25, 0.3) is 0 Å². The van der Waals surface area contributed by atoms with Crippen LogP contribution in [0.1, 0.15) is 181 Å². The number of hydrogen-bond acceptors (Lipinski definition) is 6. The number of unbranched alkanes of at least 4 members (excludes halogenated alkanes) is 14. The van der Waals surface area contributed by atoms with Crippen LogP contribution in [0.2, 0.25) is 0 Å². The highest BCUT2D eigenvalue weighted by Gasteiger charge is 2.31. The highest BCUT2D eigenvalue weighted by molar-refractivity contribution is 5.72. The zero-order valence-corrected chi connectivity index (χ0v) is 40.7. The molecule has 0 saturated carbocycles. The predicted octanol–water partition coefficient (Wildman–Crippen LogP) is 14.2. The Kier molecular flexibility index (Phi) is 42.2. The Hall–Kier alpha value is -3.75. The minimum absolute atomic E-state index is 0.0360. The van der Waals surface area contributed by atoms with E-state index in [0.29, 0.717) is 19.3 Å². The molecule has 0 fully saturated rings. The Bertz CT molecular complexity index is 1350. The molecule has 0 amide bonds. The van der Waals surface area contributed by atoms with E-state index in [4.69, 9.17) is 14.2 Å². The highest BCUT2D eigenvalue weighted by atomic mass is 16.6. The molecular formula is C55H92NO7+. The summed E-state index contributed by atoms with van der Waals surface area (Å²) in [6, 6.07) is -0.630. The maximum absolute atomic E-state index is 12.8. The average Bonchev–Trinajstić information content (AvgIpc) is 3.24. The summed E-state index contributed by atoms with van der Waals surface area (Å²) in [5.74, 6) is -1.56. The molecule has 0 bridgehead atoms. The topological polar surface area (TPSA) is 99.1 Å². The van der Waals surface area contributed by atoms with Gasteiger partial charge in [0, 0.05) is 19.3 Å². The van der Waals surface area contributed by atoms with E-state index in [0.717, 1.165) is 70.6 Å². The van der Waals surface area contributed by atoms with Crippen molar-refractivity contribution in [3.63, 3.8) is 0 Å². The fraction of sp³-hybridized carbons (Fsp3) is 0.655. The first-order chi connectivity index (χ1) is 30.6. The summed E-state index contributed by atoms with van der Waals surface area (Å²) in [6.07, 6.45) is 60.3. The van der Waals surface area contributed by atoms with Gasteiger partial charge >= 0.3 is 17.9 Å². The number of esters is 2. The molecule has 0 saturated heterocycles. The van der Waals surface area contributed by atoms with Crippen LogP contribution in [0.15, 0.2) is 97.2 Å². The lowest BCUT2D eigenvalue weighted by Gasteiger charge is -2.31. The first-order valence-electron chi connectivity index (χ1n) is 24.8. The quantitative estimate of drug-likeness (QED) is 0.0214. The van der Waals surface area contributed by atoms with Crippen molar-refractivity contribution in [2.45, 2.75) is 193 Å². The molecule has 2 atom stereocenters. The van der Waals surface area contributed by atoms with E-state index in [1.165, 1.54) is 70.6 Å². The molecule has 0 aliphatic rings. The normalized spacial score (nSPS) is 13.7. The number of rotatable bonds is 43. The first kappa shape index (κ1) is 59.2. The second-order valence-corrected chi connectivity index (χ2v) is 17.4. The Morgan fingerprint density at radius 1 is 0.508 bits per heavy atom. The van der Waals surface area contributed by atoms with Crippen molar-refractivity contribution in [2.24, 2.45) is 0 Å². The summed E-state index contributed by atoms with van der Waals surface area (Å²) < 4.78 is 17.3. The molecule has 63 heavy (non-hydrogen) atoms. The second kappa shape index (κ2) is 44.8. The number of nitrogens with zero attached hydrogens (tertiary/aromatic N) is 1. The van der Waals surface area contributed by atoms with Gasteiger partial charge in [0.2, 0.25) is 0 Å². The summed E-state index contributed by atoms with van der Waals surface area (Å²) in [5, 5.41) is 9.65. The van der Waals surface area contributed by atoms with Crippen molar-refractivity contribution in [1.82, 2.24) is 0 Å². The van der Waals surface area contributed by atoms with Crippen LogP contribution in [-0.4, -0.2) is 80.6 Å². The van der Waals surface area contributed by atoms with Crippen LogP contribution in [0, 0.1) is 0 Å². The van der Waals surface area contributed by atoms with Gasteiger partial charge in [-0.3, -0.25) is 9.59 Å². The van der Waals surface area contributed by atoms with Crippen molar-refractivity contribution in [3.8, 4) is 0 Å². The summed E-state index contributed by atoms with van der Waals surface area (Å²) >= 11 is 0. The van der Waals surface area contributed by atoms with Crippen molar-refractivity contribution in [1.29, 1.82) is 0 Å². The highest BCUT2D eigenvalue weighted by Crippen LogP contribution is 2.14. The third kappa shape index (κ3) is 43.3. The first-order valence-corrected chi connectivity index (χ1v) is 24.8. The van der Waals surface area contributed by atoms with E-state index in [1.54, 1.807) is 0 Å². The van der Waals surface area contributed by atoms with Gasteiger partial charge in [-0.15, -0.1) is 0 Å². The second-order valence-electron chi connectivity index (χ2n) is 17.4. The van der Waals surface area contributed by atoms with Crippen LogP contribution in [0.4, 0.5) is 0 Å². The molecule has 0 aliphatic heterocycles. The largest absolute Gasteiger partial charge is 0.477 e. The summed E-state index contributed by atoms with van der Waals surface area (Å²) in [4.78, 5) is 37.1. The van der Waals surface area contributed by atoms with E-state index in [1.807, 2.05) is 21.1 Å². The lowest BCUT2D eigenvalue weighted by Crippen LogP contribution is -2.50. The molecule has 0 aromatic heterocycles. The summed E-state index contributed by atoms with van der Waals surface area (Å²) in [7, 11) is 5.51. The molecule has 2 unspecified atom stereocenters. The van der Waals surface area contributed by atoms with Crippen LogP contribution in [0.25, 0.3) is 0 Å². The van der Waals surface area contributed by atoms with Crippen molar-refractivity contribution in [2.75, 3.05) is 41.0 Å². The lowest BCUT2D eigenvalue weighted by atomic mass is 10.1. The van der Waals surface area contributed by atoms with Gasteiger partial charge in [0.15, 0.2) is 12.1 Å². The van der Waals surface area contributed by atoms with Crippen LogP contribution < -0.4 is 0 Å². The predicted molar refractivity (Wildman–Crippen MR) is 266 cm³/mol. The molecular weight excluding hydrogens is 787 g/mol. The summed E-state index contributed by atoms with van der Waals surface area (Å²) in [5.41, 5.74) is 0. The Balaban J connectivity index is 4.39. The zero-order valence-electron chi connectivity index (χ0n) is 40.7. The molecule has 0 aromatic rings. The monoisotopic (exact) mass is 879 g/mol. The Labute approximate surface area is 386 Å². The number of quaternary nitrogens is 1. The van der Waals surface area contributed by atoms with Gasteiger partial charge in [-0.25, -0.2) is 4.79 Å². The van der Waals surface area contributed by atoms with Gasteiger partial charge in [0.05, 0.1) is 34.4 Å². The van der Waals surface area contributed by atoms with E-state index in [2.05, 4.69) is 111 Å². The maximum atomic E-state index is 12.8. The van der Waals surface area contributed by atoms with Gasteiger partial charge in [-0.2, -0.15) is 0 Å². The van der Waals surface area contributed by atoms with Gasteiger partial charge in [-0.05, 0) is 83.5 Å². The fourth-order valence-electron chi connectivity index (χ4n) is 6.68. The Morgan fingerprint density at radius 2 is 0.952 bits per heavy atom. The molecule has 1 N–H and O–H groups in total. The minimum atomic E-state index is -0.886. The van der Waals surface area contributed by atoms with Crippen LogP contribution >= 0.6 is 0 Å². The number of carbonyl (C=O) groups is 3. The molecule has 0 aromatic carbocycles. The van der Waals surface area contributed by atoms with E-state index in [9.17, 15) is 19.5 Å². The van der Waals surface area contributed by atoms with Crippen LogP contribution in [-0.2, 0) is 28.6 Å². The maximum Gasteiger partial charge on any atom is 0.362 e. The van der Waals surface area contributed by atoms with E-state index >= 15 is 0 Å². The van der Waals surface area contributed by atoms with Crippen molar-refractivity contribution in [3.05, 3.63) is 97.2 Å². The van der Waals surface area contributed by atoms with Crippen molar-refractivity contribution >= 4 is 17.9 Å². The SMILES string of the molecule is CC/C=C/C/C=C/C/C=C/C/C=C/C/C=C/C/C=C/CCCC(=O)OCC(COCCC(C(=O)O)[N+](C)(C)C)OC(=O)CCCCCCCCCCCC/C=C/C=C/CCCCC. The van der Waals surface area contributed by atoms with Gasteiger partial charge in [0.1, 0.15) is 6.61 Å². The van der Waals surface area contributed by atoms with Crippen LogP contribution in [0.3, 0.4) is 0 Å². The molecule has 0 spiro atoms. The third-order valence-electron chi connectivity index (χ3n) is 10.5. The third-order valence-corrected chi connectivity index (χ3v) is 10.5. The number of carboxylic acid groups (broad SMARTS) is 1. The molecule has 0 heterocycles. The number of carbonyl (C=O) groups excluding carboxylic acids is 2. The number of likely N-dealkylation sites (N-methyl/N-ethyl adjacent to an activating group) is 1. The molecule has 0 aliphatic carbocycles. The van der Waals surface area contributed by atoms with E-state index < -0.39 is 18.1 Å². The number of ether oxygens (including phenoxy) is 3.